The highest BCUT2D eigenvalue weighted by Gasteiger charge is 2.30. The first-order valence-corrected chi connectivity index (χ1v) is 13.4. The molecule has 1 N–H and O–H groups in total. The maximum absolute atomic E-state index is 13.1. The molecule has 1 aliphatic carbocycles. The van der Waals surface area contributed by atoms with E-state index in [9.17, 15) is 13.2 Å². The van der Waals surface area contributed by atoms with Crippen molar-refractivity contribution >= 4 is 15.9 Å². The highest BCUT2D eigenvalue weighted by Crippen LogP contribution is 2.32. The van der Waals surface area contributed by atoms with Gasteiger partial charge in [0.25, 0.3) is 0 Å². The fraction of sp³-hybridized carbons (Fsp3) is 0.480. The standard InChI is InChI=1S/C25H31N3O5S/c1-18(20-6-8-23-24(16-20)33-14-13-32-23)26-25(29)17-27-9-11-28(12-10-27)34(30,31)22-7-5-19-3-2-4-21(19)15-22/h5-8,15-16,18H,2-4,9-14,17H2,1H3,(H,26,29)/t18-/m1/s1. The molecule has 5 rings (SSSR count). The number of piperazine rings is 1. The molecule has 2 aliphatic heterocycles. The normalized spacial score (nSPS) is 19.4. The Hall–Kier alpha value is -2.62. The highest BCUT2D eigenvalue weighted by atomic mass is 32.2. The van der Waals surface area contributed by atoms with Gasteiger partial charge in [-0.2, -0.15) is 4.31 Å². The number of amides is 1. The molecule has 9 heteroatoms. The summed E-state index contributed by atoms with van der Waals surface area (Å²) in [6.07, 6.45) is 3.07. The zero-order chi connectivity index (χ0) is 23.7. The zero-order valence-corrected chi connectivity index (χ0v) is 20.3. The number of nitrogens with one attached hydrogen (secondary N) is 1. The monoisotopic (exact) mass is 485 g/mol. The van der Waals surface area contributed by atoms with Crippen molar-refractivity contribution in [1.29, 1.82) is 0 Å². The largest absolute Gasteiger partial charge is 0.486 e. The number of ether oxygens (including phenoxy) is 2. The Labute approximate surface area is 200 Å². The molecule has 8 nitrogen and oxygen atoms in total. The Balaban J connectivity index is 1.13. The molecule has 0 spiro atoms. The van der Waals surface area contributed by atoms with Crippen LogP contribution in [0.2, 0.25) is 0 Å². The van der Waals surface area contributed by atoms with Crippen LogP contribution in [-0.2, 0) is 27.7 Å². The number of benzene rings is 2. The summed E-state index contributed by atoms with van der Waals surface area (Å²) >= 11 is 0. The van der Waals surface area contributed by atoms with Gasteiger partial charge < -0.3 is 14.8 Å². The molecule has 1 atom stereocenters. The first-order chi connectivity index (χ1) is 16.4. The van der Waals surface area contributed by atoms with Gasteiger partial charge >= 0.3 is 0 Å². The van der Waals surface area contributed by atoms with E-state index in [4.69, 9.17) is 9.47 Å². The quantitative estimate of drug-likeness (QED) is 0.675. The molecule has 3 aliphatic rings. The number of aryl methyl sites for hydroxylation is 2. The molecule has 2 aromatic carbocycles. The third kappa shape index (κ3) is 4.78. The van der Waals surface area contributed by atoms with Gasteiger partial charge in [0, 0.05) is 26.2 Å². The fourth-order valence-electron chi connectivity index (χ4n) is 4.89. The van der Waals surface area contributed by atoms with Crippen LogP contribution in [0.4, 0.5) is 0 Å². The predicted molar refractivity (Wildman–Crippen MR) is 128 cm³/mol. The lowest BCUT2D eigenvalue weighted by atomic mass is 10.1. The van der Waals surface area contributed by atoms with E-state index in [1.165, 1.54) is 9.87 Å². The molecule has 1 saturated heterocycles. The lowest BCUT2D eigenvalue weighted by Crippen LogP contribution is -2.51. The molecule has 1 amide bonds. The molecule has 34 heavy (non-hydrogen) atoms. The van der Waals surface area contributed by atoms with Crippen LogP contribution in [0.25, 0.3) is 0 Å². The number of hydrogen-bond acceptors (Lipinski definition) is 6. The number of nitrogens with zero attached hydrogens (tertiary/aromatic N) is 2. The minimum absolute atomic E-state index is 0.0858. The van der Waals surface area contributed by atoms with Crippen LogP contribution in [0.3, 0.4) is 0 Å². The van der Waals surface area contributed by atoms with Crippen molar-refractivity contribution in [1.82, 2.24) is 14.5 Å². The molecule has 0 saturated carbocycles. The minimum Gasteiger partial charge on any atom is -0.486 e. The van der Waals surface area contributed by atoms with Gasteiger partial charge in [0.05, 0.1) is 17.5 Å². The van der Waals surface area contributed by atoms with E-state index in [-0.39, 0.29) is 18.5 Å². The number of sulfonamides is 1. The number of carbonyl (C=O) groups excluding carboxylic acids is 1. The van der Waals surface area contributed by atoms with Crippen molar-refractivity contribution in [3.05, 3.63) is 53.1 Å². The minimum atomic E-state index is -3.51. The molecule has 182 valence electrons. The van der Waals surface area contributed by atoms with Gasteiger partial charge in [-0.05, 0) is 67.1 Å². The smallest absolute Gasteiger partial charge is 0.243 e. The summed E-state index contributed by atoms with van der Waals surface area (Å²) < 4.78 is 39.0. The molecule has 0 bridgehead atoms. The summed E-state index contributed by atoms with van der Waals surface area (Å²) in [5, 5.41) is 3.03. The fourth-order valence-corrected chi connectivity index (χ4v) is 6.36. The molecule has 1 fully saturated rings. The summed E-state index contributed by atoms with van der Waals surface area (Å²) in [6, 6.07) is 11.1. The Morgan fingerprint density at radius 3 is 2.50 bits per heavy atom. The second-order valence-corrected chi connectivity index (χ2v) is 11.1. The van der Waals surface area contributed by atoms with Crippen LogP contribution in [0, 0.1) is 0 Å². The van der Waals surface area contributed by atoms with Crippen molar-refractivity contribution in [2.45, 2.75) is 37.1 Å². The van der Waals surface area contributed by atoms with Crippen molar-refractivity contribution in [3.63, 3.8) is 0 Å². The number of rotatable bonds is 6. The SMILES string of the molecule is C[C@@H](NC(=O)CN1CCN(S(=O)(=O)c2ccc3c(c2)CCC3)CC1)c1ccc2c(c1)OCCO2. The summed E-state index contributed by atoms with van der Waals surface area (Å²) in [7, 11) is -3.51. The summed E-state index contributed by atoms with van der Waals surface area (Å²) in [4.78, 5) is 15.0. The van der Waals surface area contributed by atoms with Crippen molar-refractivity contribution < 1.29 is 22.7 Å². The Bertz CT molecular complexity index is 1180. The third-order valence-electron chi connectivity index (χ3n) is 6.85. The lowest BCUT2D eigenvalue weighted by molar-refractivity contribution is -0.123. The van der Waals surface area contributed by atoms with Crippen LogP contribution in [-0.4, -0.2) is 69.5 Å². The van der Waals surface area contributed by atoms with Crippen molar-refractivity contribution in [2.75, 3.05) is 45.9 Å². The van der Waals surface area contributed by atoms with Gasteiger partial charge in [-0.25, -0.2) is 8.42 Å². The number of carbonyl (C=O) groups is 1. The Morgan fingerprint density at radius 1 is 0.971 bits per heavy atom. The van der Waals surface area contributed by atoms with Crippen molar-refractivity contribution in [2.24, 2.45) is 0 Å². The maximum Gasteiger partial charge on any atom is 0.243 e. The first-order valence-electron chi connectivity index (χ1n) is 11.9. The van der Waals surface area contributed by atoms with Crippen LogP contribution in [0.5, 0.6) is 11.5 Å². The van der Waals surface area contributed by atoms with Gasteiger partial charge in [0.1, 0.15) is 13.2 Å². The van der Waals surface area contributed by atoms with E-state index >= 15 is 0 Å². The summed E-state index contributed by atoms with van der Waals surface area (Å²) in [6.45, 7) is 5.04. The third-order valence-corrected chi connectivity index (χ3v) is 8.74. The Morgan fingerprint density at radius 2 is 1.71 bits per heavy atom. The maximum atomic E-state index is 13.1. The molecular weight excluding hydrogens is 454 g/mol. The van der Waals surface area contributed by atoms with Gasteiger partial charge in [-0.15, -0.1) is 0 Å². The van der Waals surface area contributed by atoms with E-state index in [2.05, 4.69) is 5.32 Å². The van der Waals surface area contributed by atoms with Crippen LogP contribution < -0.4 is 14.8 Å². The van der Waals surface area contributed by atoms with E-state index in [0.717, 1.165) is 36.1 Å². The molecule has 0 radical (unpaired) electrons. The predicted octanol–water partition coefficient (Wildman–Crippen LogP) is 2.13. The van der Waals surface area contributed by atoms with E-state index in [0.29, 0.717) is 50.0 Å². The van der Waals surface area contributed by atoms with Gasteiger partial charge in [-0.1, -0.05) is 12.1 Å². The number of hydrogen-bond donors (Lipinski definition) is 1. The van der Waals surface area contributed by atoms with E-state index < -0.39 is 10.0 Å². The molecular formula is C25H31N3O5S. The lowest BCUT2D eigenvalue weighted by Gasteiger charge is -2.33. The molecule has 2 heterocycles. The summed E-state index contributed by atoms with van der Waals surface area (Å²) in [5.74, 6) is 1.34. The van der Waals surface area contributed by atoms with Crippen LogP contribution in [0.15, 0.2) is 41.3 Å². The first kappa shape index (κ1) is 23.1. The van der Waals surface area contributed by atoms with Gasteiger partial charge in [-0.3, -0.25) is 9.69 Å². The topological polar surface area (TPSA) is 88.2 Å². The van der Waals surface area contributed by atoms with E-state index in [1.807, 2.05) is 42.2 Å². The van der Waals surface area contributed by atoms with E-state index in [1.54, 1.807) is 6.07 Å². The molecule has 0 aromatic heterocycles. The average Bonchev–Trinajstić information content (AvgIpc) is 3.32. The number of fused-ring (bicyclic) bond motifs is 2. The molecule has 2 aromatic rings. The average molecular weight is 486 g/mol. The second kappa shape index (κ2) is 9.56. The van der Waals surface area contributed by atoms with Crippen LogP contribution in [0.1, 0.15) is 36.1 Å². The Kier molecular flexibility index (Phi) is 6.50. The summed E-state index contributed by atoms with van der Waals surface area (Å²) in [5.41, 5.74) is 3.37. The zero-order valence-electron chi connectivity index (χ0n) is 19.5. The van der Waals surface area contributed by atoms with Crippen LogP contribution >= 0.6 is 0 Å². The molecule has 0 unspecified atom stereocenters. The second-order valence-electron chi connectivity index (χ2n) is 9.16. The van der Waals surface area contributed by atoms with Crippen molar-refractivity contribution in [3.8, 4) is 11.5 Å². The van der Waals surface area contributed by atoms with Gasteiger partial charge in [0.15, 0.2) is 11.5 Å². The van der Waals surface area contributed by atoms with Gasteiger partial charge in [0.2, 0.25) is 15.9 Å². The highest BCUT2D eigenvalue weighted by molar-refractivity contribution is 7.89.